The average molecular weight is 641 g/mol. The van der Waals surface area contributed by atoms with Crippen molar-refractivity contribution in [3.05, 3.63) is 164 Å². The second-order valence-corrected chi connectivity index (χ2v) is 10.6. The number of rotatable bonds is 13. The van der Waals surface area contributed by atoms with Crippen molar-refractivity contribution in [2.75, 3.05) is 13.2 Å². The average Bonchev–Trinajstić information content (AvgIpc) is 3.07. The first-order valence-electron chi connectivity index (χ1n) is 14.2. The maximum absolute atomic E-state index is 12.7. The number of halogens is 1. The third-order valence-electron chi connectivity index (χ3n) is 6.68. The quantitative estimate of drug-likeness (QED) is 0.164. The fourth-order valence-electron chi connectivity index (χ4n) is 4.36. The lowest BCUT2D eigenvalue weighted by Crippen LogP contribution is -2.35. The summed E-state index contributed by atoms with van der Waals surface area (Å²) in [5.74, 6) is -0.0697. The van der Waals surface area contributed by atoms with E-state index in [1.807, 2.05) is 6.07 Å². The van der Waals surface area contributed by atoms with Gasteiger partial charge in [0.15, 0.2) is 0 Å². The molecule has 0 fully saturated rings. The van der Waals surface area contributed by atoms with E-state index in [0.717, 1.165) is 5.56 Å². The third kappa shape index (κ3) is 9.04. The van der Waals surface area contributed by atoms with Crippen LogP contribution in [-0.4, -0.2) is 40.8 Å². The van der Waals surface area contributed by atoms with Crippen LogP contribution < -0.4 is 16.0 Å². The van der Waals surface area contributed by atoms with Crippen LogP contribution in [0.3, 0.4) is 0 Å². The summed E-state index contributed by atoms with van der Waals surface area (Å²) in [5.41, 5.74) is 0.484. The van der Waals surface area contributed by atoms with E-state index in [1.54, 1.807) is 103 Å². The first-order valence-corrected chi connectivity index (χ1v) is 14.6. The largest absolute Gasteiger partial charge is 0.459 e. The van der Waals surface area contributed by atoms with E-state index >= 15 is 0 Å². The molecule has 5 rings (SSSR count). The summed E-state index contributed by atoms with van der Waals surface area (Å²) in [6, 6.07) is 30.9. The van der Waals surface area contributed by atoms with Crippen molar-refractivity contribution in [3.8, 4) is 11.5 Å². The first-order chi connectivity index (χ1) is 22.3. The van der Waals surface area contributed by atoms with Gasteiger partial charge in [0.25, 0.3) is 5.56 Å². The molecule has 1 N–H and O–H groups in total. The molecule has 0 aliphatic rings. The standard InChI is InChI=1S/C35H29ClN2O8/c36-28-14-8-16-30(19-28)46-29-15-7-9-24(18-29)17-27-20-38(35(42)37-32(27)39)23-45-31(21-43-33(40)25-10-3-1-4-11-25)22-44-34(41)26-12-5-2-6-13-26/h1-16,18-20,31H,17,21-23H2,(H,37,39,42). The van der Waals surface area contributed by atoms with Crippen LogP contribution in [0.15, 0.2) is 125 Å². The van der Waals surface area contributed by atoms with Crippen molar-refractivity contribution in [2.45, 2.75) is 19.3 Å². The van der Waals surface area contributed by atoms with E-state index in [4.69, 9.17) is 30.5 Å². The maximum atomic E-state index is 12.7. The lowest BCUT2D eigenvalue weighted by Gasteiger charge is -2.19. The van der Waals surface area contributed by atoms with Crippen LogP contribution in [0.5, 0.6) is 11.5 Å². The summed E-state index contributed by atoms with van der Waals surface area (Å²) in [4.78, 5) is 52.8. The molecule has 10 nitrogen and oxygen atoms in total. The minimum atomic E-state index is -0.928. The highest BCUT2D eigenvalue weighted by molar-refractivity contribution is 6.30. The molecule has 0 spiro atoms. The van der Waals surface area contributed by atoms with Gasteiger partial charge >= 0.3 is 17.6 Å². The summed E-state index contributed by atoms with van der Waals surface area (Å²) >= 11 is 6.05. The van der Waals surface area contributed by atoms with Crippen LogP contribution in [0, 0.1) is 0 Å². The van der Waals surface area contributed by atoms with Crippen molar-refractivity contribution in [1.82, 2.24) is 9.55 Å². The fraction of sp³-hybridized carbons (Fsp3) is 0.143. The highest BCUT2D eigenvalue weighted by atomic mass is 35.5. The normalized spacial score (nSPS) is 10.8. The van der Waals surface area contributed by atoms with E-state index in [2.05, 4.69) is 4.98 Å². The summed E-state index contributed by atoms with van der Waals surface area (Å²) in [6.45, 7) is -0.850. The molecule has 11 heteroatoms. The zero-order valence-corrected chi connectivity index (χ0v) is 25.2. The van der Waals surface area contributed by atoms with Gasteiger partial charge in [0.1, 0.15) is 37.5 Å². The first kappa shape index (κ1) is 32.0. The van der Waals surface area contributed by atoms with Gasteiger partial charge in [0, 0.05) is 23.2 Å². The number of esters is 2. The molecule has 0 aliphatic heterocycles. The van der Waals surface area contributed by atoms with E-state index < -0.39 is 29.3 Å². The lowest BCUT2D eigenvalue weighted by molar-refractivity contribution is -0.0636. The van der Waals surface area contributed by atoms with Crippen LogP contribution >= 0.6 is 11.6 Å². The molecule has 0 saturated carbocycles. The Kier molecular flexibility index (Phi) is 10.8. The van der Waals surface area contributed by atoms with Gasteiger partial charge in [-0.1, -0.05) is 66.2 Å². The Balaban J connectivity index is 1.27. The van der Waals surface area contributed by atoms with Crippen LogP contribution in [-0.2, 0) is 27.4 Å². The summed E-state index contributed by atoms with van der Waals surface area (Å²) in [6.07, 6.45) is 0.659. The summed E-state index contributed by atoms with van der Waals surface area (Å²) in [7, 11) is 0. The van der Waals surface area contributed by atoms with Crippen LogP contribution in [0.2, 0.25) is 5.02 Å². The number of aromatic nitrogens is 2. The molecule has 4 aromatic carbocycles. The van der Waals surface area contributed by atoms with Crippen LogP contribution in [0.25, 0.3) is 0 Å². The predicted molar refractivity (Wildman–Crippen MR) is 170 cm³/mol. The molecule has 1 heterocycles. The van der Waals surface area contributed by atoms with Crippen LogP contribution in [0.4, 0.5) is 0 Å². The molecule has 0 saturated heterocycles. The van der Waals surface area contributed by atoms with Gasteiger partial charge in [0.05, 0.1) is 11.1 Å². The highest BCUT2D eigenvalue weighted by Gasteiger charge is 2.18. The van der Waals surface area contributed by atoms with Crippen molar-refractivity contribution < 1.29 is 28.5 Å². The number of benzene rings is 4. The molecular formula is C35H29ClN2O8. The smallest absolute Gasteiger partial charge is 0.338 e. The third-order valence-corrected chi connectivity index (χ3v) is 6.91. The lowest BCUT2D eigenvalue weighted by atomic mass is 10.1. The zero-order valence-electron chi connectivity index (χ0n) is 24.5. The Morgan fingerprint density at radius 2 is 1.33 bits per heavy atom. The zero-order chi connectivity index (χ0) is 32.3. The Hall–Kier alpha value is -5.45. The van der Waals surface area contributed by atoms with Crippen molar-refractivity contribution in [2.24, 2.45) is 0 Å². The summed E-state index contributed by atoms with van der Waals surface area (Å²) < 4.78 is 23.8. The Morgan fingerprint density at radius 1 is 0.739 bits per heavy atom. The monoisotopic (exact) mass is 640 g/mol. The van der Waals surface area contributed by atoms with Crippen LogP contribution in [0.1, 0.15) is 31.8 Å². The van der Waals surface area contributed by atoms with E-state index in [9.17, 15) is 19.2 Å². The Morgan fingerprint density at radius 3 is 1.93 bits per heavy atom. The molecule has 0 radical (unpaired) electrons. The number of hydrogen-bond acceptors (Lipinski definition) is 8. The maximum Gasteiger partial charge on any atom is 0.338 e. The minimum absolute atomic E-state index is 0.190. The van der Waals surface area contributed by atoms with E-state index in [-0.39, 0.29) is 26.4 Å². The Labute approximate surface area is 268 Å². The van der Waals surface area contributed by atoms with Gasteiger partial charge in [-0.15, -0.1) is 0 Å². The Bertz CT molecular complexity index is 1850. The topological polar surface area (TPSA) is 126 Å². The molecular weight excluding hydrogens is 612 g/mol. The van der Waals surface area contributed by atoms with Gasteiger partial charge in [-0.3, -0.25) is 14.3 Å². The van der Waals surface area contributed by atoms with Gasteiger partial charge in [-0.2, -0.15) is 0 Å². The SMILES string of the molecule is O=C(OCC(COC(=O)c1ccccc1)OCn1cc(Cc2cccc(Oc3cccc(Cl)c3)c2)c(=O)[nH]c1=O)c1ccccc1. The molecule has 0 amide bonds. The molecule has 0 aliphatic carbocycles. The van der Waals surface area contributed by atoms with Gasteiger partial charge < -0.3 is 18.9 Å². The molecule has 5 aromatic rings. The number of H-pyrrole nitrogens is 1. The highest BCUT2D eigenvalue weighted by Crippen LogP contribution is 2.25. The van der Waals surface area contributed by atoms with Crippen molar-refractivity contribution in [3.63, 3.8) is 0 Å². The predicted octanol–water partition coefficient (Wildman–Crippen LogP) is 5.63. The number of nitrogens with one attached hydrogen (secondary N) is 1. The van der Waals surface area contributed by atoms with Crippen molar-refractivity contribution in [1.29, 1.82) is 0 Å². The molecule has 0 bridgehead atoms. The molecule has 0 atom stereocenters. The minimum Gasteiger partial charge on any atom is -0.459 e. The molecule has 0 unspecified atom stereocenters. The number of aromatic amines is 1. The molecule has 234 valence electrons. The van der Waals surface area contributed by atoms with Gasteiger partial charge in [-0.25, -0.2) is 14.4 Å². The number of carbonyl (C=O) groups is 2. The second kappa shape index (κ2) is 15.5. The van der Waals surface area contributed by atoms with Crippen molar-refractivity contribution >= 4 is 23.5 Å². The number of carbonyl (C=O) groups excluding carboxylic acids is 2. The molecule has 46 heavy (non-hydrogen) atoms. The summed E-state index contributed by atoms with van der Waals surface area (Å²) in [5, 5.41) is 0.538. The van der Waals surface area contributed by atoms with Gasteiger partial charge in [0.2, 0.25) is 0 Å². The molecule has 1 aromatic heterocycles. The number of hydrogen-bond donors (Lipinski definition) is 1. The van der Waals surface area contributed by atoms with E-state index in [0.29, 0.717) is 33.2 Å². The number of ether oxygens (including phenoxy) is 4. The second-order valence-electron chi connectivity index (χ2n) is 10.1. The number of nitrogens with zero attached hydrogens (tertiary/aromatic N) is 1. The van der Waals surface area contributed by atoms with E-state index in [1.165, 1.54) is 10.8 Å². The van der Waals surface area contributed by atoms with Gasteiger partial charge in [-0.05, 0) is 60.2 Å². The fourth-order valence-corrected chi connectivity index (χ4v) is 4.54.